The molecule has 1 aliphatic heterocycles. The van der Waals surface area contributed by atoms with Crippen molar-refractivity contribution in [3.05, 3.63) is 0 Å². The molecular weight excluding hydrogens is 166 g/mol. The molecule has 1 heterocycles. The third-order valence-corrected chi connectivity index (χ3v) is 1.89. The lowest BCUT2D eigenvalue weighted by atomic mass is 10.2. The van der Waals surface area contributed by atoms with E-state index in [2.05, 4.69) is 23.2 Å². The quantitative estimate of drug-likeness (QED) is 0.499. The first-order valence-electron chi connectivity index (χ1n) is 4.13. The van der Waals surface area contributed by atoms with Crippen LogP contribution in [0.15, 0.2) is 0 Å². The Labute approximate surface area is 77.5 Å². The van der Waals surface area contributed by atoms with Crippen molar-refractivity contribution in [1.82, 2.24) is 10.2 Å². The summed E-state index contributed by atoms with van der Waals surface area (Å²) in [6.45, 7) is 3.44. The highest BCUT2D eigenvalue weighted by Crippen LogP contribution is 2.01. The molecule has 1 fully saturated rings. The van der Waals surface area contributed by atoms with Crippen LogP contribution >= 0.6 is 0 Å². The number of nitrogens with zero attached hydrogens (tertiary/aromatic N) is 2. The number of rotatable bonds is 0. The number of nitriles is 1. The van der Waals surface area contributed by atoms with Gasteiger partial charge in [0.25, 0.3) is 5.91 Å². The van der Waals surface area contributed by atoms with Crippen LogP contribution in [0.5, 0.6) is 0 Å². The lowest BCUT2D eigenvalue weighted by Crippen LogP contribution is -2.52. The van der Waals surface area contributed by atoms with Crippen LogP contribution in [0.1, 0.15) is 6.92 Å². The van der Waals surface area contributed by atoms with Crippen molar-refractivity contribution in [2.45, 2.75) is 13.0 Å². The Morgan fingerprint density at radius 2 is 2.46 bits per heavy atom. The molecule has 1 saturated heterocycles. The molecule has 1 aliphatic rings. The molecule has 4 nitrogen and oxygen atoms in total. The second-order valence-corrected chi connectivity index (χ2v) is 2.72. The van der Waals surface area contributed by atoms with Crippen molar-refractivity contribution in [3.63, 3.8) is 0 Å². The first-order valence-corrected chi connectivity index (χ1v) is 4.13. The summed E-state index contributed by atoms with van der Waals surface area (Å²) in [6, 6.07) is 1.70. The lowest BCUT2D eigenvalue weighted by molar-refractivity contribution is -0.126. The fraction of sp³-hybridized carbons (Fsp3) is 0.556. The van der Waals surface area contributed by atoms with Gasteiger partial charge in [0.2, 0.25) is 0 Å². The first kappa shape index (κ1) is 9.57. The fourth-order valence-electron chi connectivity index (χ4n) is 1.24. The van der Waals surface area contributed by atoms with Crippen molar-refractivity contribution >= 4 is 5.91 Å². The molecule has 1 unspecified atom stereocenters. The molecule has 1 N–H and O–H groups in total. The van der Waals surface area contributed by atoms with Crippen molar-refractivity contribution < 1.29 is 4.79 Å². The molecular formula is C9H11N3O. The van der Waals surface area contributed by atoms with Crippen LogP contribution in [-0.2, 0) is 4.79 Å². The third kappa shape index (κ3) is 2.21. The molecule has 1 amide bonds. The van der Waals surface area contributed by atoms with Crippen LogP contribution in [0.4, 0.5) is 0 Å². The number of amides is 1. The molecule has 68 valence electrons. The van der Waals surface area contributed by atoms with E-state index in [0.717, 1.165) is 6.54 Å². The Morgan fingerprint density at radius 1 is 1.69 bits per heavy atom. The molecule has 13 heavy (non-hydrogen) atoms. The molecule has 0 radical (unpaired) electrons. The molecule has 0 aliphatic carbocycles. The second-order valence-electron chi connectivity index (χ2n) is 2.72. The van der Waals surface area contributed by atoms with Gasteiger partial charge in [-0.25, -0.2) is 0 Å². The van der Waals surface area contributed by atoms with Gasteiger partial charge in [-0.3, -0.25) is 4.79 Å². The maximum absolute atomic E-state index is 11.3. The molecule has 0 aromatic heterocycles. The largest absolute Gasteiger partial charge is 0.313 e. The van der Waals surface area contributed by atoms with E-state index in [1.165, 1.54) is 4.90 Å². The minimum atomic E-state index is -0.373. The van der Waals surface area contributed by atoms with Crippen molar-refractivity contribution in [1.29, 1.82) is 5.26 Å². The summed E-state index contributed by atoms with van der Waals surface area (Å²) < 4.78 is 0. The van der Waals surface area contributed by atoms with Crippen LogP contribution in [0.25, 0.3) is 0 Å². The number of nitrogens with one attached hydrogen (secondary N) is 1. The molecule has 0 spiro atoms. The van der Waals surface area contributed by atoms with Gasteiger partial charge in [0.15, 0.2) is 0 Å². The number of hydrogen-bond donors (Lipinski definition) is 1. The minimum absolute atomic E-state index is 0.254. The molecule has 0 bridgehead atoms. The number of piperazine rings is 1. The van der Waals surface area contributed by atoms with Gasteiger partial charge in [0.05, 0.1) is 6.07 Å². The van der Waals surface area contributed by atoms with Gasteiger partial charge in [-0.2, -0.15) is 5.26 Å². The van der Waals surface area contributed by atoms with Crippen molar-refractivity contribution in [3.8, 4) is 17.9 Å². The van der Waals surface area contributed by atoms with E-state index in [0.29, 0.717) is 13.1 Å². The molecule has 0 aromatic rings. The van der Waals surface area contributed by atoms with Gasteiger partial charge in [-0.1, -0.05) is 5.92 Å². The van der Waals surface area contributed by atoms with E-state index >= 15 is 0 Å². The highest BCUT2D eigenvalue weighted by atomic mass is 16.2. The number of carbonyl (C=O) groups excluding carboxylic acids is 1. The van der Waals surface area contributed by atoms with E-state index in [1.807, 2.05) is 0 Å². The Kier molecular flexibility index (Phi) is 3.31. The van der Waals surface area contributed by atoms with Gasteiger partial charge >= 0.3 is 0 Å². The Morgan fingerprint density at radius 3 is 3.08 bits per heavy atom. The predicted octanol–water partition coefficient (Wildman–Crippen LogP) is -0.666. The zero-order valence-corrected chi connectivity index (χ0v) is 7.50. The molecule has 0 saturated carbocycles. The lowest BCUT2D eigenvalue weighted by Gasteiger charge is -2.30. The Hall–Kier alpha value is -1.52. The molecule has 4 heteroatoms. The van der Waals surface area contributed by atoms with Crippen molar-refractivity contribution in [2.24, 2.45) is 0 Å². The molecule has 1 atom stereocenters. The van der Waals surface area contributed by atoms with E-state index in [-0.39, 0.29) is 11.9 Å². The van der Waals surface area contributed by atoms with Gasteiger partial charge in [-0.15, -0.1) is 0 Å². The summed E-state index contributed by atoms with van der Waals surface area (Å²) in [5.41, 5.74) is 0. The zero-order chi connectivity index (χ0) is 9.68. The van der Waals surface area contributed by atoms with Crippen molar-refractivity contribution in [2.75, 3.05) is 19.6 Å². The SMILES string of the molecule is CC#CC(=O)N1CCNCC1C#N. The molecule has 0 aromatic carbocycles. The van der Waals surface area contributed by atoms with E-state index < -0.39 is 0 Å². The smallest absolute Gasteiger partial charge is 0.299 e. The summed E-state index contributed by atoms with van der Waals surface area (Å²) in [5.74, 6) is 4.72. The van der Waals surface area contributed by atoms with Gasteiger partial charge in [0.1, 0.15) is 6.04 Å². The topological polar surface area (TPSA) is 56.1 Å². The maximum atomic E-state index is 11.3. The first-order chi connectivity index (χ1) is 6.29. The minimum Gasteiger partial charge on any atom is -0.313 e. The Balaban J connectivity index is 2.69. The third-order valence-electron chi connectivity index (χ3n) is 1.89. The van der Waals surface area contributed by atoms with Crippen LogP contribution in [0.2, 0.25) is 0 Å². The van der Waals surface area contributed by atoms with Crippen LogP contribution in [-0.4, -0.2) is 36.5 Å². The van der Waals surface area contributed by atoms with Crippen LogP contribution < -0.4 is 5.32 Å². The van der Waals surface area contributed by atoms with Gasteiger partial charge in [-0.05, 0) is 12.8 Å². The average molecular weight is 177 g/mol. The summed E-state index contributed by atoms with van der Waals surface area (Å²) >= 11 is 0. The second kappa shape index (κ2) is 4.49. The summed E-state index contributed by atoms with van der Waals surface area (Å²) in [4.78, 5) is 12.8. The number of carbonyl (C=O) groups is 1. The van der Waals surface area contributed by atoms with E-state index in [9.17, 15) is 4.79 Å². The summed E-state index contributed by atoms with van der Waals surface area (Å²) in [7, 11) is 0. The van der Waals surface area contributed by atoms with Gasteiger partial charge in [0, 0.05) is 19.6 Å². The zero-order valence-electron chi connectivity index (χ0n) is 7.50. The monoisotopic (exact) mass is 177 g/mol. The average Bonchev–Trinajstić information content (AvgIpc) is 2.18. The fourth-order valence-corrected chi connectivity index (χ4v) is 1.24. The number of hydrogen-bond acceptors (Lipinski definition) is 3. The van der Waals surface area contributed by atoms with E-state index in [4.69, 9.17) is 5.26 Å². The summed E-state index contributed by atoms with van der Waals surface area (Å²) in [6.07, 6.45) is 0. The predicted molar refractivity (Wildman–Crippen MR) is 47.4 cm³/mol. The standard InChI is InChI=1S/C9H11N3O/c1-2-3-9(13)12-5-4-11-7-8(12)6-10/h8,11H,4-5,7H2,1H3. The highest BCUT2D eigenvalue weighted by Gasteiger charge is 2.24. The van der Waals surface area contributed by atoms with E-state index in [1.54, 1.807) is 6.92 Å². The Bertz CT molecular complexity index is 294. The van der Waals surface area contributed by atoms with Crippen LogP contribution in [0.3, 0.4) is 0 Å². The highest BCUT2D eigenvalue weighted by molar-refractivity contribution is 5.94. The van der Waals surface area contributed by atoms with Gasteiger partial charge < -0.3 is 10.2 Å². The summed E-state index contributed by atoms with van der Waals surface area (Å²) in [5, 5.41) is 11.8. The maximum Gasteiger partial charge on any atom is 0.299 e. The molecule has 1 rings (SSSR count). The normalized spacial score (nSPS) is 21.2. The van der Waals surface area contributed by atoms with Crippen LogP contribution in [0, 0.1) is 23.2 Å².